The van der Waals surface area contributed by atoms with Gasteiger partial charge in [-0.05, 0) is 35.8 Å². The molecule has 0 saturated carbocycles. The fourth-order valence-electron chi connectivity index (χ4n) is 1.25. The largest absolute Gasteiger partial charge is 0.445 e. The van der Waals surface area contributed by atoms with Gasteiger partial charge in [0.25, 0.3) is 0 Å². The molecule has 1 aromatic rings. The highest BCUT2D eigenvalue weighted by molar-refractivity contribution is 5.94. The van der Waals surface area contributed by atoms with Crippen LogP contribution < -0.4 is 9.47 Å². The summed E-state index contributed by atoms with van der Waals surface area (Å²) in [5.41, 5.74) is 8.72. The predicted octanol–water partition coefficient (Wildman–Crippen LogP) is 2.25. The highest BCUT2D eigenvalue weighted by atomic mass is 16.7. The van der Waals surface area contributed by atoms with Crippen LogP contribution in [0.4, 0.5) is 0 Å². The summed E-state index contributed by atoms with van der Waals surface area (Å²) in [5, 5.41) is 3.26. The second-order valence-corrected chi connectivity index (χ2v) is 2.97. The molecule has 2 rings (SSSR count). The predicted molar refractivity (Wildman–Crippen MR) is 50.6 cm³/mol. The van der Waals surface area contributed by atoms with Gasteiger partial charge in [-0.1, -0.05) is 0 Å². The average Bonchev–Trinajstić information content (AvgIpc) is 2.59. The van der Waals surface area contributed by atoms with Gasteiger partial charge in [-0.25, -0.2) is 0 Å². The van der Waals surface area contributed by atoms with Gasteiger partial charge in [-0.2, -0.15) is 0 Å². The highest BCUT2D eigenvalue weighted by Crippen LogP contribution is 2.35. The molecular formula is C9H7N3O3. The first-order chi connectivity index (χ1) is 7.20. The molecule has 6 nitrogen and oxygen atoms in total. The number of Topliss-reactive ketones (excluding diaryl/α,β-unsaturated/α-hetero) is 1. The summed E-state index contributed by atoms with van der Waals surface area (Å²) in [6, 6.07) is 4.80. The SMILES string of the molecule is CC(=O)c1ccc2c(c1)OC(N=[N+]=[N-])O2. The topological polar surface area (TPSA) is 84.3 Å². The van der Waals surface area contributed by atoms with Crippen LogP contribution in [0.15, 0.2) is 23.3 Å². The minimum absolute atomic E-state index is 0.0614. The van der Waals surface area contributed by atoms with Crippen molar-refractivity contribution < 1.29 is 14.3 Å². The van der Waals surface area contributed by atoms with Crippen LogP contribution in [0.3, 0.4) is 0 Å². The minimum atomic E-state index is -0.979. The molecule has 1 atom stereocenters. The van der Waals surface area contributed by atoms with E-state index < -0.39 is 6.41 Å². The normalized spacial score (nSPS) is 17.0. The van der Waals surface area contributed by atoms with Crippen LogP contribution in [0.2, 0.25) is 0 Å². The first kappa shape index (κ1) is 9.36. The smallest absolute Gasteiger partial charge is 0.322 e. The molecule has 1 aliphatic heterocycles. The van der Waals surface area contributed by atoms with E-state index in [0.29, 0.717) is 17.1 Å². The van der Waals surface area contributed by atoms with E-state index in [0.717, 1.165) is 0 Å². The van der Waals surface area contributed by atoms with Crippen molar-refractivity contribution in [2.75, 3.05) is 0 Å². The van der Waals surface area contributed by atoms with Gasteiger partial charge in [0, 0.05) is 10.5 Å². The molecule has 1 unspecified atom stereocenters. The molecule has 0 N–H and O–H groups in total. The second kappa shape index (κ2) is 3.51. The van der Waals surface area contributed by atoms with E-state index >= 15 is 0 Å². The lowest BCUT2D eigenvalue weighted by atomic mass is 10.1. The Morgan fingerprint density at radius 1 is 1.47 bits per heavy atom. The Labute approximate surface area is 85.0 Å². The Hall–Kier alpha value is -2.20. The number of rotatable bonds is 2. The summed E-state index contributed by atoms with van der Waals surface area (Å²) in [6.07, 6.45) is -0.979. The summed E-state index contributed by atoms with van der Waals surface area (Å²) >= 11 is 0. The number of carbonyl (C=O) groups excluding carboxylic acids is 1. The maximum atomic E-state index is 11.1. The lowest BCUT2D eigenvalue weighted by Gasteiger charge is -1.99. The molecule has 0 bridgehead atoms. The average molecular weight is 205 g/mol. The number of hydrogen-bond donors (Lipinski definition) is 0. The Morgan fingerprint density at radius 3 is 2.87 bits per heavy atom. The molecule has 0 fully saturated rings. The molecule has 0 spiro atoms. The molecule has 0 radical (unpaired) electrons. The Kier molecular flexibility index (Phi) is 2.19. The van der Waals surface area contributed by atoms with Crippen molar-refractivity contribution in [2.45, 2.75) is 13.3 Å². The monoisotopic (exact) mass is 205 g/mol. The molecule has 1 heterocycles. The third kappa shape index (κ3) is 1.70. The van der Waals surface area contributed by atoms with Gasteiger partial charge >= 0.3 is 6.41 Å². The van der Waals surface area contributed by atoms with Crippen LogP contribution in [-0.2, 0) is 0 Å². The molecule has 0 saturated heterocycles. The summed E-state index contributed by atoms with van der Waals surface area (Å²) in [6.45, 7) is 1.46. The van der Waals surface area contributed by atoms with Crippen molar-refractivity contribution >= 4 is 5.78 Å². The Morgan fingerprint density at radius 2 is 2.20 bits per heavy atom. The number of ketones is 1. The number of carbonyl (C=O) groups is 1. The van der Waals surface area contributed by atoms with E-state index in [4.69, 9.17) is 15.0 Å². The molecule has 0 aromatic heterocycles. The van der Waals surface area contributed by atoms with Gasteiger partial charge in [0.2, 0.25) is 0 Å². The van der Waals surface area contributed by atoms with Crippen LogP contribution >= 0.6 is 0 Å². The standard InChI is InChI=1S/C9H7N3O3/c1-5(13)6-2-3-7-8(4-6)15-9(14-7)11-12-10/h2-4,9H,1H3. The maximum Gasteiger partial charge on any atom is 0.322 e. The molecule has 15 heavy (non-hydrogen) atoms. The van der Waals surface area contributed by atoms with Gasteiger partial charge < -0.3 is 9.47 Å². The van der Waals surface area contributed by atoms with E-state index in [1.165, 1.54) is 6.92 Å². The highest BCUT2D eigenvalue weighted by Gasteiger charge is 2.23. The number of ether oxygens (including phenoxy) is 2. The van der Waals surface area contributed by atoms with E-state index in [2.05, 4.69) is 10.0 Å². The van der Waals surface area contributed by atoms with Gasteiger partial charge in [-0.3, -0.25) is 4.79 Å². The number of azide groups is 1. The maximum absolute atomic E-state index is 11.1. The van der Waals surface area contributed by atoms with Crippen molar-refractivity contribution in [1.29, 1.82) is 0 Å². The zero-order valence-electron chi connectivity index (χ0n) is 7.88. The number of hydrogen-bond acceptors (Lipinski definition) is 4. The van der Waals surface area contributed by atoms with Crippen LogP contribution in [0.1, 0.15) is 17.3 Å². The number of benzene rings is 1. The zero-order chi connectivity index (χ0) is 10.8. The number of nitrogens with zero attached hydrogens (tertiary/aromatic N) is 3. The molecule has 1 aromatic carbocycles. The lowest BCUT2D eigenvalue weighted by molar-refractivity contribution is 0.0565. The summed E-state index contributed by atoms with van der Waals surface area (Å²) in [4.78, 5) is 13.6. The third-order valence-corrected chi connectivity index (χ3v) is 1.95. The van der Waals surface area contributed by atoms with Gasteiger partial charge in [0.15, 0.2) is 17.3 Å². The van der Waals surface area contributed by atoms with Crippen molar-refractivity contribution in [1.82, 2.24) is 0 Å². The zero-order valence-corrected chi connectivity index (χ0v) is 7.88. The molecule has 0 aliphatic carbocycles. The lowest BCUT2D eigenvalue weighted by Crippen LogP contribution is -2.12. The fourth-order valence-corrected chi connectivity index (χ4v) is 1.25. The Balaban J connectivity index is 2.31. The van der Waals surface area contributed by atoms with Gasteiger partial charge in [0.05, 0.1) is 0 Å². The minimum Gasteiger partial charge on any atom is -0.445 e. The van der Waals surface area contributed by atoms with E-state index in [9.17, 15) is 4.79 Å². The first-order valence-electron chi connectivity index (χ1n) is 4.23. The van der Waals surface area contributed by atoms with Crippen molar-refractivity contribution in [3.63, 3.8) is 0 Å². The van der Waals surface area contributed by atoms with E-state index in [1.807, 2.05) is 0 Å². The van der Waals surface area contributed by atoms with Crippen LogP contribution in [0.25, 0.3) is 10.4 Å². The first-order valence-corrected chi connectivity index (χ1v) is 4.23. The van der Waals surface area contributed by atoms with E-state index in [1.54, 1.807) is 18.2 Å². The summed E-state index contributed by atoms with van der Waals surface area (Å²) in [7, 11) is 0. The van der Waals surface area contributed by atoms with Gasteiger partial charge in [-0.15, -0.1) is 0 Å². The van der Waals surface area contributed by atoms with Crippen LogP contribution in [-0.4, -0.2) is 12.2 Å². The van der Waals surface area contributed by atoms with E-state index in [-0.39, 0.29) is 5.78 Å². The van der Waals surface area contributed by atoms with Crippen LogP contribution in [0, 0.1) is 0 Å². The second-order valence-electron chi connectivity index (χ2n) is 2.97. The molecule has 76 valence electrons. The quantitative estimate of drug-likeness (QED) is 0.321. The summed E-state index contributed by atoms with van der Waals surface area (Å²) < 4.78 is 10.3. The van der Waals surface area contributed by atoms with Crippen molar-refractivity contribution in [2.24, 2.45) is 5.11 Å². The molecular weight excluding hydrogens is 198 g/mol. The Bertz CT molecular complexity index is 466. The van der Waals surface area contributed by atoms with Crippen molar-refractivity contribution in [3.05, 3.63) is 34.2 Å². The molecule has 6 heteroatoms. The van der Waals surface area contributed by atoms with Crippen molar-refractivity contribution in [3.8, 4) is 11.5 Å². The summed E-state index contributed by atoms with van der Waals surface area (Å²) in [5.74, 6) is 0.825. The molecule has 0 amide bonds. The number of fused-ring (bicyclic) bond motifs is 1. The third-order valence-electron chi connectivity index (χ3n) is 1.95. The van der Waals surface area contributed by atoms with Gasteiger partial charge in [0.1, 0.15) is 0 Å². The molecule has 1 aliphatic rings. The van der Waals surface area contributed by atoms with Crippen LogP contribution in [0.5, 0.6) is 11.5 Å². The fraction of sp³-hybridized carbons (Fsp3) is 0.222.